The molecule has 6 nitrogen and oxygen atoms in total. The van der Waals surface area contributed by atoms with E-state index in [9.17, 15) is 14.2 Å². The fourth-order valence-corrected chi connectivity index (χ4v) is 4.20. The van der Waals surface area contributed by atoms with E-state index >= 15 is 0 Å². The normalized spacial score (nSPS) is 15.9. The van der Waals surface area contributed by atoms with Gasteiger partial charge in [-0.05, 0) is 26.3 Å². The standard InChI is InChI=1S/C17H34NO5PS/c1-9-22-15(19)14(12-13(2)3)18(7)24(8,21)23-10-11-25-16(20)17(4,5)6/h13-14H,9-12H2,1-8H3/t14-,24?/m0/s1. The van der Waals surface area contributed by atoms with Gasteiger partial charge in [0.05, 0.1) is 13.2 Å². The summed E-state index contributed by atoms with van der Waals surface area (Å²) in [5, 5.41) is 0.0691. The van der Waals surface area contributed by atoms with Gasteiger partial charge in [-0.15, -0.1) is 0 Å². The molecule has 0 spiro atoms. The summed E-state index contributed by atoms with van der Waals surface area (Å²) >= 11 is 1.17. The molecule has 0 aromatic heterocycles. The molecule has 1 unspecified atom stereocenters. The molecule has 0 N–H and O–H groups in total. The van der Waals surface area contributed by atoms with Crippen molar-refractivity contribution in [3.8, 4) is 0 Å². The number of likely N-dealkylation sites (N-methyl/N-ethyl adjacent to an activating group) is 1. The van der Waals surface area contributed by atoms with Gasteiger partial charge < -0.3 is 9.26 Å². The molecule has 0 amide bonds. The Morgan fingerprint density at radius 3 is 2.24 bits per heavy atom. The van der Waals surface area contributed by atoms with Crippen molar-refractivity contribution in [3.63, 3.8) is 0 Å². The smallest absolute Gasteiger partial charge is 0.323 e. The first-order valence-corrected chi connectivity index (χ1v) is 11.6. The highest BCUT2D eigenvalue weighted by atomic mass is 32.2. The zero-order chi connectivity index (χ0) is 19.8. The van der Waals surface area contributed by atoms with E-state index in [0.29, 0.717) is 12.2 Å². The molecular weight excluding hydrogens is 361 g/mol. The fourth-order valence-electron chi connectivity index (χ4n) is 1.99. The minimum absolute atomic E-state index is 0.0691. The third-order valence-corrected chi connectivity index (χ3v) is 6.87. The summed E-state index contributed by atoms with van der Waals surface area (Å²) < 4.78 is 25.0. The van der Waals surface area contributed by atoms with Gasteiger partial charge in [0.15, 0.2) is 5.12 Å². The van der Waals surface area contributed by atoms with Gasteiger partial charge in [-0.25, -0.2) is 4.67 Å². The number of rotatable bonds is 10. The van der Waals surface area contributed by atoms with Gasteiger partial charge in [-0.1, -0.05) is 46.4 Å². The maximum absolute atomic E-state index is 12.9. The van der Waals surface area contributed by atoms with Crippen LogP contribution in [0.25, 0.3) is 0 Å². The first kappa shape index (κ1) is 24.6. The molecule has 25 heavy (non-hydrogen) atoms. The van der Waals surface area contributed by atoms with E-state index in [2.05, 4.69) is 0 Å². The summed E-state index contributed by atoms with van der Waals surface area (Å²) in [6, 6.07) is -0.611. The van der Waals surface area contributed by atoms with Crippen LogP contribution in [0, 0.1) is 11.3 Å². The lowest BCUT2D eigenvalue weighted by atomic mass is 10.00. The van der Waals surface area contributed by atoms with Crippen molar-refractivity contribution in [3.05, 3.63) is 0 Å². The number of esters is 1. The molecule has 0 aromatic rings. The van der Waals surface area contributed by atoms with E-state index in [1.807, 2.05) is 34.6 Å². The van der Waals surface area contributed by atoms with Crippen molar-refractivity contribution in [2.45, 2.75) is 54.0 Å². The van der Waals surface area contributed by atoms with E-state index in [4.69, 9.17) is 9.26 Å². The Labute approximate surface area is 156 Å². The number of hydrogen-bond donors (Lipinski definition) is 0. The third-order valence-electron chi connectivity index (χ3n) is 3.54. The Morgan fingerprint density at radius 1 is 1.24 bits per heavy atom. The molecule has 0 aliphatic rings. The van der Waals surface area contributed by atoms with Crippen molar-refractivity contribution in [1.82, 2.24) is 4.67 Å². The van der Waals surface area contributed by atoms with Gasteiger partial charge in [0.2, 0.25) is 0 Å². The Kier molecular flexibility index (Phi) is 10.6. The fraction of sp³-hybridized carbons (Fsp3) is 0.882. The summed E-state index contributed by atoms with van der Waals surface area (Å²) in [6.45, 7) is 13.3. The van der Waals surface area contributed by atoms with Crippen LogP contribution in [-0.4, -0.2) is 54.5 Å². The highest BCUT2D eigenvalue weighted by Crippen LogP contribution is 2.48. The molecule has 0 heterocycles. The van der Waals surface area contributed by atoms with Gasteiger partial charge in [0.1, 0.15) is 6.04 Å². The minimum atomic E-state index is -3.17. The lowest BCUT2D eigenvalue weighted by Crippen LogP contribution is -2.39. The average Bonchev–Trinajstić information content (AvgIpc) is 2.47. The molecule has 148 valence electrons. The Balaban J connectivity index is 4.76. The molecule has 0 aromatic carbocycles. The number of nitrogens with zero attached hydrogens (tertiary/aromatic N) is 1. The summed E-state index contributed by atoms with van der Waals surface area (Å²) in [6.07, 6.45) is 0.535. The van der Waals surface area contributed by atoms with Crippen molar-refractivity contribution in [1.29, 1.82) is 0 Å². The second-order valence-electron chi connectivity index (χ2n) is 7.49. The first-order chi connectivity index (χ1) is 11.3. The maximum atomic E-state index is 12.9. The zero-order valence-electron chi connectivity index (χ0n) is 16.8. The van der Waals surface area contributed by atoms with Crippen molar-refractivity contribution >= 4 is 30.4 Å². The highest BCUT2D eigenvalue weighted by Gasteiger charge is 2.35. The number of carbonyl (C=O) groups excluding carboxylic acids is 2. The van der Waals surface area contributed by atoms with E-state index < -0.39 is 19.0 Å². The lowest BCUT2D eigenvalue weighted by molar-refractivity contribution is -0.148. The summed E-state index contributed by atoms with van der Waals surface area (Å²) in [5.41, 5.74) is -0.413. The molecule has 0 aliphatic heterocycles. The molecule has 8 heteroatoms. The first-order valence-electron chi connectivity index (χ1n) is 8.62. The van der Waals surface area contributed by atoms with Crippen molar-refractivity contribution in [2.24, 2.45) is 11.3 Å². The minimum Gasteiger partial charge on any atom is -0.465 e. The van der Waals surface area contributed by atoms with Crippen LogP contribution in [0.1, 0.15) is 48.0 Å². The van der Waals surface area contributed by atoms with Crippen LogP contribution in [0.15, 0.2) is 0 Å². The number of hydrogen-bond acceptors (Lipinski definition) is 6. The van der Waals surface area contributed by atoms with Gasteiger partial charge in [0.25, 0.3) is 7.52 Å². The predicted molar refractivity (Wildman–Crippen MR) is 104 cm³/mol. The number of thioether (sulfide) groups is 1. The summed E-state index contributed by atoms with van der Waals surface area (Å²) in [7, 11) is -1.54. The van der Waals surface area contributed by atoms with Gasteiger partial charge in [-0.2, -0.15) is 0 Å². The number of carbonyl (C=O) groups is 2. The molecular formula is C17H34NO5PS. The summed E-state index contributed by atoms with van der Waals surface area (Å²) in [4.78, 5) is 24.1. The second-order valence-corrected chi connectivity index (χ2v) is 11.1. The van der Waals surface area contributed by atoms with Crippen molar-refractivity contribution < 1.29 is 23.4 Å². The average molecular weight is 396 g/mol. The molecule has 0 rings (SSSR count). The third kappa shape index (κ3) is 9.23. The van der Waals surface area contributed by atoms with E-state index in [1.54, 1.807) is 14.0 Å². The van der Waals surface area contributed by atoms with Crippen LogP contribution in [0.5, 0.6) is 0 Å². The molecule has 0 radical (unpaired) electrons. The Bertz CT molecular complexity index is 490. The molecule has 0 fully saturated rings. The summed E-state index contributed by atoms with van der Waals surface area (Å²) in [5.74, 6) is 0.286. The van der Waals surface area contributed by atoms with Crippen LogP contribution in [0.2, 0.25) is 0 Å². The SMILES string of the molecule is CCOC(=O)[C@H](CC(C)C)N(C)P(C)(=O)OCCSC(=O)C(C)(C)C. The van der Waals surface area contributed by atoms with E-state index in [-0.39, 0.29) is 30.2 Å². The van der Waals surface area contributed by atoms with E-state index in [0.717, 1.165) is 0 Å². The predicted octanol–water partition coefficient (Wildman–Crippen LogP) is 4.04. The van der Waals surface area contributed by atoms with Crippen LogP contribution < -0.4 is 0 Å². The Hall–Kier alpha value is -0.360. The largest absolute Gasteiger partial charge is 0.465 e. The topological polar surface area (TPSA) is 72.9 Å². The maximum Gasteiger partial charge on any atom is 0.323 e. The quantitative estimate of drug-likeness (QED) is 0.314. The molecule has 0 aliphatic carbocycles. The highest BCUT2D eigenvalue weighted by molar-refractivity contribution is 8.13. The van der Waals surface area contributed by atoms with Crippen LogP contribution >= 0.6 is 19.3 Å². The number of ether oxygens (including phenoxy) is 1. The van der Waals surface area contributed by atoms with Crippen LogP contribution in [-0.2, 0) is 23.4 Å². The van der Waals surface area contributed by atoms with Gasteiger partial charge in [-0.3, -0.25) is 14.2 Å². The second kappa shape index (κ2) is 10.7. The van der Waals surface area contributed by atoms with E-state index in [1.165, 1.54) is 23.1 Å². The van der Waals surface area contributed by atoms with Gasteiger partial charge in [0, 0.05) is 17.8 Å². The zero-order valence-corrected chi connectivity index (χ0v) is 18.5. The molecule has 0 saturated heterocycles. The van der Waals surface area contributed by atoms with Crippen LogP contribution in [0.3, 0.4) is 0 Å². The van der Waals surface area contributed by atoms with Gasteiger partial charge >= 0.3 is 5.97 Å². The lowest BCUT2D eigenvalue weighted by Gasteiger charge is -2.31. The monoisotopic (exact) mass is 395 g/mol. The molecule has 2 atom stereocenters. The Morgan fingerprint density at radius 2 is 1.80 bits per heavy atom. The molecule has 0 saturated carbocycles. The van der Waals surface area contributed by atoms with Crippen LogP contribution in [0.4, 0.5) is 0 Å². The van der Waals surface area contributed by atoms with Crippen molar-refractivity contribution in [2.75, 3.05) is 32.7 Å². The molecule has 0 bridgehead atoms.